The van der Waals surface area contributed by atoms with Gasteiger partial charge in [0.1, 0.15) is 23.4 Å². The second-order valence-corrected chi connectivity index (χ2v) is 5.47. The molecule has 0 unspecified atom stereocenters. The van der Waals surface area contributed by atoms with E-state index in [-0.39, 0.29) is 28.1 Å². The Morgan fingerprint density at radius 3 is 2.44 bits per heavy atom. The van der Waals surface area contributed by atoms with Gasteiger partial charge in [0.25, 0.3) is 0 Å². The zero-order chi connectivity index (χ0) is 19.6. The van der Waals surface area contributed by atoms with E-state index in [4.69, 9.17) is 5.26 Å². The number of aromatic nitrogens is 3. The van der Waals surface area contributed by atoms with Gasteiger partial charge in [0, 0.05) is 17.2 Å². The molecular weight excluding hydrogens is 367 g/mol. The Hall–Kier alpha value is -3.54. The van der Waals surface area contributed by atoms with Gasteiger partial charge in [-0.1, -0.05) is 12.2 Å². The average molecular weight is 376 g/mol. The van der Waals surface area contributed by atoms with E-state index < -0.39 is 23.4 Å². The summed E-state index contributed by atoms with van der Waals surface area (Å²) in [6.07, 6.45) is -2.17. The van der Waals surface area contributed by atoms with Crippen LogP contribution in [-0.4, -0.2) is 15.4 Å². The van der Waals surface area contributed by atoms with Crippen LogP contribution in [0, 0.1) is 23.0 Å². The van der Waals surface area contributed by atoms with E-state index in [0.717, 1.165) is 18.2 Å². The van der Waals surface area contributed by atoms with E-state index in [2.05, 4.69) is 15.4 Å². The lowest BCUT2D eigenvalue weighted by Gasteiger charge is -2.10. The maximum Gasteiger partial charge on any atom is 0.416 e. The molecule has 0 aliphatic heterocycles. The van der Waals surface area contributed by atoms with Crippen molar-refractivity contribution in [2.45, 2.75) is 6.18 Å². The first-order chi connectivity index (χ1) is 12.8. The van der Waals surface area contributed by atoms with Crippen molar-refractivity contribution in [1.29, 1.82) is 5.26 Å². The number of aromatic amines is 1. The number of hydrogen-bond donors (Lipinski definition) is 1. The maximum atomic E-state index is 13.7. The molecule has 3 rings (SSSR count). The molecule has 3 aromatic rings. The van der Waals surface area contributed by atoms with E-state index in [1.165, 1.54) is 24.3 Å². The Morgan fingerprint density at radius 2 is 1.78 bits per heavy atom. The molecule has 0 saturated heterocycles. The van der Waals surface area contributed by atoms with Crippen LogP contribution in [0.2, 0.25) is 0 Å². The zero-order valence-corrected chi connectivity index (χ0v) is 13.4. The molecule has 0 radical (unpaired) electrons. The number of alkyl halides is 3. The summed E-state index contributed by atoms with van der Waals surface area (Å²) in [5.41, 5.74) is -1.04. The molecule has 136 valence electrons. The lowest BCUT2D eigenvalue weighted by Crippen LogP contribution is -2.05. The van der Waals surface area contributed by atoms with Gasteiger partial charge >= 0.3 is 6.18 Å². The summed E-state index contributed by atoms with van der Waals surface area (Å²) in [6.45, 7) is 0. The fourth-order valence-electron chi connectivity index (χ4n) is 2.38. The van der Waals surface area contributed by atoms with Crippen LogP contribution < -0.4 is 0 Å². The standard InChI is InChI=1S/C18H9F5N4/c19-14-4-3-11(15(20)8-14)2-1-10-5-12(7-13(6-10)18(21,22)23)17-16(9-24)25-27-26-17/h1-8H,(H,25,26,27). The third-order valence-corrected chi connectivity index (χ3v) is 3.63. The molecule has 1 aromatic heterocycles. The van der Waals surface area contributed by atoms with Gasteiger partial charge in [-0.15, -0.1) is 5.10 Å². The van der Waals surface area contributed by atoms with E-state index >= 15 is 0 Å². The molecule has 9 heteroatoms. The lowest BCUT2D eigenvalue weighted by molar-refractivity contribution is -0.137. The van der Waals surface area contributed by atoms with Crippen LogP contribution in [-0.2, 0) is 6.18 Å². The summed E-state index contributed by atoms with van der Waals surface area (Å²) in [5, 5.41) is 18.5. The first kappa shape index (κ1) is 18.3. The monoisotopic (exact) mass is 376 g/mol. The molecule has 0 fully saturated rings. The highest BCUT2D eigenvalue weighted by molar-refractivity contribution is 5.75. The minimum absolute atomic E-state index is 0.00881. The number of benzene rings is 2. The topological polar surface area (TPSA) is 65.4 Å². The van der Waals surface area contributed by atoms with Gasteiger partial charge in [0.2, 0.25) is 0 Å². The van der Waals surface area contributed by atoms with Crippen LogP contribution in [0.25, 0.3) is 23.4 Å². The summed E-state index contributed by atoms with van der Waals surface area (Å²) in [5.74, 6) is -1.61. The van der Waals surface area contributed by atoms with Crippen LogP contribution in [0.15, 0.2) is 36.4 Å². The Morgan fingerprint density at radius 1 is 1.00 bits per heavy atom. The number of nitrogens with zero attached hydrogens (tertiary/aromatic N) is 3. The van der Waals surface area contributed by atoms with Crippen LogP contribution >= 0.6 is 0 Å². The first-order valence-corrected chi connectivity index (χ1v) is 7.44. The van der Waals surface area contributed by atoms with E-state index in [0.29, 0.717) is 6.07 Å². The average Bonchev–Trinajstić information content (AvgIpc) is 3.09. The second-order valence-electron chi connectivity index (χ2n) is 5.47. The van der Waals surface area contributed by atoms with Crippen molar-refractivity contribution in [1.82, 2.24) is 15.4 Å². The highest BCUT2D eigenvalue weighted by Gasteiger charge is 2.31. The molecule has 0 aliphatic carbocycles. The molecule has 0 atom stereocenters. The molecule has 4 nitrogen and oxygen atoms in total. The SMILES string of the molecule is N#Cc1n[nH]nc1-c1cc(C=Cc2ccc(F)cc2F)cc(C(F)(F)F)c1. The van der Waals surface area contributed by atoms with Gasteiger partial charge in [-0.3, -0.25) is 0 Å². The summed E-state index contributed by atoms with van der Waals surface area (Å²) >= 11 is 0. The highest BCUT2D eigenvalue weighted by atomic mass is 19.4. The van der Waals surface area contributed by atoms with Crippen LogP contribution in [0.1, 0.15) is 22.4 Å². The largest absolute Gasteiger partial charge is 0.416 e. The van der Waals surface area contributed by atoms with E-state index in [9.17, 15) is 22.0 Å². The van der Waals surface area contributed by atoms with Gasteiger partial charge in [0.05, 0.1) is 5.56 Å². The molecule has 1 N–H and O–H groups in total. The van der Waals surface area contributed by atoms with Crippen molar-refractivity contribution in [3.63, 3.8) is 0 Å². The minimum atomic E-state index is -4.64. The quantitative estimate of drug-likeness (QED) is 0.527. The molecule has 0 amide bonds. The molecule has 1 heterocycles. The van der Waals surface area contributed by atoms with Crippen molar-refractivity contribution < 1.29 is 22.0 Å². The minimum Gasteiger partial charge on any atom is -0.207 e. The van der Waals surface area contributed by atoms with E-state index in [1.54, 1.807) is 6.07 Å². The van der Waals surface area contributed by atoms with Crippen molar-refractivity contribution in [2.75, 3.05) is 0 Å². The second kappa shape index (κ2) is 6.99. The van der Waals surface area contributed by atoms with Crippen LogP contribution in [0.5, 0.6) is 0 Å². The summed E-state index contributed by atoms with van der Waals surface area (Å²) in [7, 11) is 0. The molecule has 0 spiro atoms. The Balaban J connectivity index is 2.08. The molecule has 0 bridgehead atoms. The van der Waals surface area contributed by atoms with Crippen molar-refractivity contribution in [3.8, 4) is 17.3 Å². The van der Waals surface area contributed by atoms with Gasteiger partial charge in [-0.05, 0) is 35.9 Å². The number of halogens is 5. The number of hydrogen-bond acceptors (Lipinski definition) is 3. The third kappa shape index (κ3) is 4.00. The van der Waals surface area contributed by atoms with Crippen molar-refractivity contribution in [3.05, 3.63) is 70.4 Å². The maximum absolute atomic E-state index is 13.7. The van der Waals surface area contributed by atoms with Gasteiger partial charge < -0.3 is 0 Å². The predicted octanol–water partition coefficient (Wildman–Crippen LogP) is 4.81. The number of nitrogens with one attached hydrogen (secondary N) is 1. The van der Waals surface area contributed by atoms with E-state index in [1.807, 2.05) is 0 Å². The molecule has 27 heavy (non-hydrogen) atoms. The normalized spacial score (nSPS) is 11.7. The third-order valence-electron chi connectivity index (χ3n) is 3.63. The number of nitriles is 1. The Labute approximate surface area is 149 Å². The van der Waals surface area contributed by atoms with Gasteiger partial charge in [0.15, 0.2) is 5.69 Å². The fraction of sp³-hybridized carbons (Fsp3) is 0.0556. The fourth-order valence-corrected chi connectivity index (χ4v) is 2.38. The number of rotatable bonds is 3. The molecule has 0 saturated carbocycles. The van der Waals surface area contributed by atoms with Gasteiger partial charge in [-0.25, -0.2) is 8.78 Å². The summed E-state index contributed by atoms with van der Waals surface area (Å²) in [6, 6.07) is 7.67. The van der Waals surface area contributed by atoms with Crippen LogP contribution in [0.4, 0.5) is 22.0 Å². The Bertz CT molecular complexity index is 1060. The zero-order valence-electron chi connectivity index (χ0n) is 13.4. The smallest absolute Gasteiger partial charge is 0.207 e. The lowest BCUT2D eigenvalue weighted by atomic mass is 10.0. The number of H-pyrrole nitrogens is 1. The first-order valence-electron chi connectivity index (χ1n) is 7.44. The van der Waals surface area contributed by atoms with Crippen molar-refractivity contribution in [2.24, 2.45) is 0 Å². The van der Waals surface area contributed by atoms with Crippen LogP contribution in [0.3, 0.4) is 0 Å². The molecular formula is C18H9F5N4. The van der Waals surface area contributed by atoms with Crippen molar-refractivity contribution >= 4 is 12.2 Å². The summed E-state index contributed by atoms with van der Waals surface area (Å²) < 4.78 is 66.3. The molecule has 2 aromatic carbocycles. The highest BCUT2D eigenvalue weighted by Crippen LogP contribution is 2.34. The summed E-state index contributed by atoms with van der Waals surface area (Å²) in [4.78, 5) is 0. The molecule has 0 aliphatic rings. The van der Waals surface area contributed by atoms with Gasteiger partial charge in [-0.2, -0.15) is 28.7 Å². The predicted molar refractivity (Wildman–Crippen MR) is 86.8 cm³/mol. The Kier molecular flexibility index (Phi) is 4.73.